The van der Waals surface area contributed by atoms with Gasteiger partial charge in [-0.1, -0.05) is 119 Å². The zero-order valence-electron chi connectivity index (χ0n) is 27.7. The smallest absolute Gasteiger partial charge is 0.309 e. The predicted octanol–water partition coefficient (Wildman–Crippen LogP) is 8.16. The summed E-state index contributed by atoms with van der Waals surface area (Å²) in [6, 6.07) is 25.2. The summed E-state index contributed by atoms with van der Waals surface area (Å²) in [6.45, 7) is 9.81. The molecule has 1 aliphatic heterocycles. The second-order valence-electron chi connectivity index (χ2n) is 13.3. The summed E-state index contributed by atoms with van der Waals surface area (Å²) in [5, 5.41) is 25.4. The van der Waals surface area contributed by atoms with Crippen LogP contribution in [0.3, 0.4) is 0 Å². The Kier molecular flexibility index (Phi) is 10.1. The molecule has 6 heteroatoms. The van der Waals surface area contributed by atoms with Crippen molar-refractivity contribution in [3.63, 3.8) is 0 Å². The summed E-state index contributed by atoms with van der Waals surface area (Å²) in [6.07, 6.45) is 15.4. The molecule has 1 aliphatic rings. The molecule has 4 aromatic carbocycles. The third kappa shape index (κ3) is 7.39. The van der Waals surface area contributed by atoms with Crippen LogP contribution < -0.4 is 10.2 Å². The van der Waals surface area contributed by atoms with Crippen LogP contribution in [0, 0.1) is 0 Å². The molecule has 1 heterocycles. The number of anilines is 1. The van der Waals surface area contributed by atoms with Crippen LogP contribution in [0.5, 0.6) is 0 Å². The largest absolute Gasteiger partial charge is 0.481 e. The van der Waals surface area contributed by atoms with Gasteiger partial charge in [0, 0.05) is 28.9 Å². The van der Waals surface area contributed by atoms with E-state index in [1.54, 1.807) is 0 Å². The monoisotopic (exact) mass is 629 g/mol. The number of nitrogens with zero attached hydrogens (tertiary/aromatic N) is 1. The van der Waals surface area contributed by atoms with Gasteiger partial charge in [0.15, 0.2) is 0 Å². The summed E-state index contributed by atoms with van der Waals surface area (Å²) in [4.78, 5) is 24.8. The molecule has 0 bridgehead atoms. The van der Waals surface area contributed by atoms with Gasteiger partial charge in [-0.05, 0) is 63.2 Å². The van der Waals surface area contributed by atoms with Crippen molar-refractivity contribution in [3.8, 4) is 0 Å². The number of aliphatic carboxylic acids is 2. The lowest BCUT2D eigenvalue weighted by Gasteiger charge is -2.27. The van der Waals surface area contributed by atoms with Crippen molar-refractivity contribution in [2.24, 2.45) is 0 Å². The number of benzene rings is 4. The van der Waals surface area contributed by atoms with Crippen molar-refractivity contribution < 1.29 is 25.1 Å². The van der Waals surface area contributed by atoms with Crippen molar-refractivity contribution in [2.45, 2.75) is 57.8 Å². The van der Waals surface area contributed by atoms with Crippen LogP contribution in [-0.2, 0) is 20.4 Å². The first-order valence-electron chi connectivity index (χ1n) is 16.3. The molecule has 0 radical (unpaired) electrons. The first-order valence-corrected chi connectivity index (χ1v) is 16.3. The minimum atomic E-state index is -0.808. The molecule has 0 fully saturated rings. The van der Waals surface area contributed by atoms with E-state index in [2.05, 4.69) is 117 Å². The van der Waals surface area contributed by atoms with E-state index in [0.29, 0.717) is 13.1 Å². The van der Waals surface area contributed by atoms with E-state index < -0.39 is 11.9 Å². The van der Waals surface area contributed by atoms with E-state index in [-0.39, 0.29) is 23.7 Å². The van der Waals surface area contributed by atoms with Crippen molar-refractivity contribution in [3.05, 3.63) is 132 Å². The van der Waals surface area contributed by atoms with Gasteiger partial charge in [-0.2, -0.15) is 0 Å². The highest BCUT2D eigenvalue weighted by atomic mass is 16.4. The lowest BCUT2D eigenvalue weighted by Crippen LogP contribution is -2.79. The van der Waals surface area contributed by atoms with Crippen LogP contribution in [0.15, 0.2) is 121 Å². The second kappa shape index (κ2) is 14.2. The average molecular weight is 630 g/mol. The fourth-order valence-electron chi connectivity index (χ4n) is 6.93. The minimum Gasteiger partial charge on any atom is -0.481 e. The van der Waals surface area contributed by atoms with Gasteiger partial charge in [-0.25, -0.2) is 0 Å². The van der Waals surface area contributed by atoms with Gasteiger partial charge in [-0.15, -0.1) is 0 Å². The lowest BCUT2D eigenvalue weighted by atomic mass is 9.78. The number of carbonyl (C=O) groups is 2. The summed E-state index contributed by atoms with van der Waals surface area (Å²) in [5.41, 5.74) is 5.25. The van der Waals surface area contributed by atoms with Gasteiger partial charge in [0.2, 0.25) is 0 Å². The van der Waals surface area contributed by atoms with Crippen LogP contribution in [0.2, 0.25) is 0 Å². The Bertz CT molecular complexity index is 1910. The van der Waals surface area contributed by atoms with E-state index in [0.717, 1.165) is 23.5 Å². The van der Waals surface area contributed by atoms with Gasteiger partial charge >= 0.3 is 11.9 Å². The second-order valence-corrected chi connectivity index (χ2v) is 13.3. The Morgan fingerprint density at radius 1 is 0.787 bits per heavy atom. The van der Waals surface area contributed by atoms with Gasteiger partial charge in [0.1, 0.15) is 5.69 Å². The van der Waals surface area contributed by atoms with Crippen molar-refractivity contribution >= 4 is 44.9 Å². The van der Waals surface area contributed by atoms with Crippen LogP contribution >= 0.6 is 0 Å². The molecule has 0 amide bonds. The molecule has 5 rings (SSSR count). The predicted molar refractivity (Wildman–Crippen MR) is 192 cm³/mol. The average Bonchev–Trinajstić information content (AvgIpc) is 3.26. The third-order valence-electron chi connectivity index (χ3n) is 9.13. The SMILES string of the molecule is CC(C)(C/C=C/C=C/C=C/C=C1/N(CCC(=O)O)c2ccc3ccccc3c2C1(C)C)c1c([NH2+]CCC(=O)O)ccc2ccccc12. The summed E-state index contributed by atoms with van der Waals surface area (Å²) in [7, 11) is 0. The number of quaternary nitrogens is 1. The Hall–Kier alpha value is -4.94. The molecule has 0 saturated heterocycles. The van der Waals surface area contributed by atoms with Gasteiger partial charge in [-0.3, -0.25) is 9.59 Å². The molecule has 0 atom stereocenters. The Morgan fingerprint density at radius 3 is 2.13 bits per heavy atom. The molecule has 0 unspecified atom stereocenters. The third-order valence-corrected chi connectivity index (χ3v) is 9.13. The Labute approximate surface area is 277 Å². The zero-order chi connectivity index (χ0) is 33.6. The molecule has 0 aromatic heterocycles. The summed E-state index contributed by atoms with van der Waals surface area (Å²) < 4.78 is 0. The van der Waals surface area contributed by atoms with Crippen LogP contribution in [-0.4, -0.2) is 35.2 Å². The lowest BCUT2D eigenvalue weighted by molar-refractivity contribution is -0.571. The normalized spacial score (nSPS) is 15.6. The van der Waals surface area contributed by atoms with Gasteiger partial charge < -0.3 is 20.4 Å². The van der Waals surface area contributed by atoms with E-state index in [1.807, 2.05) is 36.4 Å². The fraction of sp³-hybridized carbons (Fsp3) is 0.268. The highest BCUT2D eigenvalue weighted by molar-refractivity contribution is 5.95. The van der Waals surface area contributed by atoms with Crippen LogP contribution in [0.1, 0.15) is 58.1 Å². The molecule has 242 valence electrons. The number of carboxylic acid groups (broad SMARTS) is 2. The topological polar surface area (TPSA) is 94.5 Å². The molecular formula is C41H45N2O4+. The van der Waals surface area contributed by atoms with Crippen LogP contribution in [0.25, 0.3) is 21.5 Å². The quantitative estimate of drug-likeness (QED) is 0.103. The minimum absolute atomic E-state index is 0.0606. The summed E-state index contributed by atoms with van der Waals surface area (Å²) >= 11 is 0. The van der Waals surface area contributed by atoms with Crippen molar-refractivity contribution in [2.75, 3.05) is 18.0 Å². The summed E-state index contributed by atoms with van der Waals surface area (Å²) in [5.74, 6) is -1.60. The van der Waals surface area contributed by atoms with Crippen molar-refractivity contribution in [1.82, 2.24) is 0 Å². The van der Waals surface area contributed by atoms with Crippen LogP contribution in [0.4, 0.5) is 11.4 Å². The first-order chi connectivity index (χ1) is 22.5. The zero-order valence-corrected chi connectivity index (χ0v) is 27.7. The fourth-order valence-corrected chi connectivity index (χ4v) is 6.93. The molecule has 0 saturated carbocycles. The number of fused-ring (bicyclic) bond motifs is 4. The van der Waals surface area contributed by atoms with Gasteiger partial charge in [0.25, 0.3) is 0 Å². The maximum atomic E-state index is 11.5. The molecule has 0 aliphatic carbocycles. The van der Waals surface area contributed by atoms with Gasteiger partial charge in [0.05, 0.1) is 19.4 Å². The molecule has 4 N–H and O–H groups in total. The number of allylic oxidation sites excluding steroid dienone is 8. The standard InChI is InChI=1S/C41H44N2O4/c1-40(2,38-31-17-12-10-15-29(31)20-22-33(38)42-27-24-36(44)45)26-14-8-6-5-7-9-19-35-41(3,4)39-32-18-13-11-16-30(32)21-23-34(39)43(35)28-25-37(46)47/h5-23,42H,24-28H2,1-4H3,(H,44,45)(H,46,47)/p+1/b6-5+,9-7+,14-8+,35-19+. The highest BCUT2D eigenvalue weighted by Gasteiger charge is 2.41. The maximum Gasteiger partial charge on any atom is 0.309 e. The van der Waals surface area contributed by atoms with Crippen molar-refractivity contribution in [1.29, 1.82) is 0 Å². The molecule has 0 spiro atoms. The number of carboxylic acids is 2. The molecular weight excluding hydrogens is 584 g/mol. The number of hydrogen-bond acceptors (Lipinski definition) is 3. The number of hydrogen-bond donors (Lipinski definition) is 3. The van der Waals surface area contributed by atoms with E-state index in [4.69, 9.17) is 5.11 Å². The Morgan fingerprint density at radius 2 is 1.40 bits per heavy atom. The molecule has 47 heavy (non-hydrogen) atoms. The number of nitrogens with two attached hydrogens (primary N) is 1. The maximum absolute atomic E-state index is 11.5. The molecule has 6 nitrogen and oxygen atoms in total. The van der Waals surface area contributed by atoms with E-state index in [1.165, 1.54) is 32.7 Å². The highest BCUT2D eigenvalue weighted by Crippen LogP contribution is 2.50. The number of rotatable bonds is 13. The van der Waals surface area contributed by atoms with E-state index >= 15 is 0 Å². The Balaban J connectivity index is 1.32. The van der Waals surface area contributed by atoms with E-state index in [9.17, 15) is 14.7 Å². The molecule has 4 aromatic rings. The first kappa shape index (κ1) is 33.4.